The van der Waals surface area contributed by atoms with Crippen LogP contribution in [0.5, 0.6) is 0 Å². The van der Waals surface area contributed by atoms with E-state index in [1.54, 1.807) is 13.0 Å². The third-order valence-corrected chi connectivity index (χ3v) is 6.04. The molecule has 0 radical (unpaired) electrons. The maximum Gasteiger partial charge on any atom is 0.433 e. The van der Waals surface area contributed by atoms with E-state index in [1.807, 2.05) is 6.07 Å². The van der Waals surface area contributed by atoms with Crippen molar-refractivity contribution in [2.45, 2.75) is 76.6 Å². The Morgan fingerprint density at radius 2 is 1.77 bits per heavy atom. The molecule has 162 valence electrons. The molecule has 30 heavy (non-hydrogen) atoms. The highest BCUT2D eigenvalue weighted by molar-refractivity contribution is 5.93. The Kier molecular flexibility index (Phi) is 5.75. The Labute approximate surface area is 173 Å². The number of aromatic amines is 1. The van der Waals surface area contributed by atoms with Crippen LogP contribution in [-0.2, 0) is 19.0 Å². The molecule has 2 heterocycles. The van der Waals surface area contributed by atoms with Crippen LogP contribution in [0.25, 0.3) is 0 Å². The first-order valence-electron chi connectivity index (χ1n) is 10.6. The minimum Gasteiger partial charge on any atom is -0.382 e. The molecule has 0 unspecified atom stereocenters. The molecule has 2 aromatic heterocycles. The smallest absolute Gasteiger partial charge is 0.382 e. The molecule has 1 fully saturated rings. The summed E-state index contributed by atoms with van der Waals surface area (Å²) >= 11 is 0. The van der Waals surface area contributed by atoms with Crippen molar-refractivity contribution in [1.82, 2.24) is 15.3 Å². The average Bonchev–Trinajstić information content (AvgIpc) is 3.13. The summed E-state index contributed by atoms with van der Waals surface area (Å²) < 4.78 is 38.9. The van der Waals surface area contributed by atoms with Crippen LogP contribution >= 0.6 is 0 Å². The van der Waals surface area contributed by atoms with Gasteiger partial charge in [-0.05, 0) is 82.1 Å². The van der Waals surface area contributed by atoms with Gasteiger partial charge in [0.05, 0.1) is 0 Å². The third kappa shape index (κ3) is 4.79. The zero-order valence-electron chi connectivity index (χ0n) is 17.0. The number of aromatic nitrogens is 2. The van der Waals surface area contributed by atoms with E-state index in [4.69, 9.17) is 0 Å². The second kappa shape index (κ2) is 8.32. The van der Waals surface area contributed by atoms with Gasteiger partial charge >= 0.3 is 6.18 Å². The minimum atomic E-state index is -4.46. The van der Waals surface area contributed by atoms with Crippen molar-refractivity contribution < 1.29 is 18.0 Å². The number of hydrogen-bond donors (Lipinski definition) is 3. The molecule has 1 amide bonds. The van der Waals surface area contributed by atoms with E-state index in [9.17, 15) is 18.0 Å². The zero-order chi connectivity index (χ0) is 21.3. The molecule has 4 rings (SSSR count). The first-order chi connectivity index (χ1) is 14.3. The summed E-state index contributed by atoms with van der Waals surface area (Å²) in [5.74, 6) is -0.0691. The highest BCUT2D eigenvalue weighted by Gasteiger charge is 2.33. The first kappa shape index (κ1) is 20.8. The standard InChI is InChI=1S/C22H27F3N4O/c1-13-10-17(12-20(26-13)22(23,24)25)27-15-6-8-16(9-7-15)28-21(30)19-11-14-4-2-3-5-18(14)29-19/h10-12,15-16,29H,2-9H2,1H3,(H,26,27)(H,28,30)/t15-,16+. The van der Waals surface area contributed by atoms with Crippen molar-refractivity contribution in [2.75, 3.05) is 5.32 Å². The number of H-pyrrole nitrogens is 1. The van der Waals surface area contributed by atoms with Crippen molar-refractivity contribution in [3.8, 4) is 0 Å². The van der Waals surface area contributed by atoms with E-state index in [-0.39, 0.29) is 18.0 Å². The molecule has 0 aliphatic heterocycles. The first-order valence-corrected chi connectivity index (χ1v) is 10.6. The largest absolute Gasteiger partial charge is 0.433 e. The van der Waals surface area contributed by atoms with Crippen LogP contribution in [0, 0.1) is 6.92 Å². The quantitative estimate of drug-likeness (QED) is 0.667. The van der Waals surface area contributed by atoms with Crippen LogP contribution < -0.4 is 10.6 Å². The summed E-state index contributed by atoms with van der Waals surface area (Å²) in [6.07, 6.45) is 3.06. The summed E-state index contributed by atoms with van der Waals surface area (Å²) in [7, 11) is 0. The number of nitrogens with one attached hydrogen (secondary N) is 3. The van der Waals surface area contributed by atoms with E-state index in [0.29, 0.717) is 17.1 Å². The molecule has 2 aromatic rings. The number of amides is 1. The van der Waals surface area contributed by atoms with Crippen molar-refractivity contribution >= 4 is 11.6 Å². The molecule has 2 aliphatic rings. The Morgan fingerprint density at radius 3 is 2.47 bits per heavy atom. The molecule has 0 spiro atoms. The molecule has 1 saturated carbocycles. The van der Waals surface area contributed by atoms with Crippen LogP contribution in [0.1, 0.15) is 71.7 Å². The van der Waals surface area contributed by atoms with E-state index in [1.165, 1.54) is 17.7 Å². The predicted octanol–water partition coefficient (Wildman–Crippen LogP) is 4.77. The molecule has 0 aromatic carbocycles. The fourth-order valence-electron chi connectivity index (χ4n) is 4.50. The SMILES string of the molecule is Cc1cc(N[C@H]2CC[C@@H](NC(=O)c3cc4c([nH]3)CCCC4)CC2)cc(C(F)(F)F)n1. The number of rotatable bonds is 4. The summed E-state index contributed by atoms with van der Waals surface area (Å²) in [5, 5.41) is 6.32. The van der Waals surface area contributed by atoms with Crippen molar-refractivity contribution in [3.63, 3.8) is 0 Å². The Balaban J connectivity index is 1.30. The predicted molar refractivity (Wildman–Crippen MR) is 109 cm³/mol. The van der Waals surface area contributed by atoms with Gasteiger partial charge in [-0.1, -0.05) is 0 Å². The lowest BCUT2D eigenvalue weighted by Crippen LogP contribution is -2.40. The Bertz CT molecular complexity index is 890. The monoisotopic (exact) mass is 420 g/mol. The molecule has 2 aliphatic carbocycles. The molecule has 8 heteroatoms. The summed E-state index contributed by atoms with van der Waals surface area (Å²) in [6, 6.07) is 4.84. The fraction of sp³-hybridized carbons (Fsp3) is 0.545. The Morgan fingerprint density at radius 1 is 1.07 bits per heavy atom. The van der Waals surface area contributed by atoms with Crippen molar-refractivity contribution in [3.05, 3.63) is 46.5 Å². The lowest BCUT2D eigenvalue weighted by Gasteiger charge is -2.30. The summed E-state index contributed by atoms with van der Waals surface area (Å²) in [6.45, 7) is 1.56. The lowest BCUT2D eigenvalue weighted by molar-refractivity contribution is -0.141. The van der Waals surface area contributed by atoms with Crippen LogP contribution in [0.3, 0.4) is 0 Å². The van der Waals surface area contributed by atoms with Crippen LogP contribution in [0.2, 0.25) is 0 Å². The number of anilines is 1. The summed E-state index contributed by atoms with van der Waals surface area (Å²) in [5.41, 5.74) is 2.98. The molecule has 5 nitrogen and oxygen atoms in total. The van der Waals surface area contributed by atoms with Crippen molar-refractivity contribution in [1.29, 1.82) is 0 Å². The minimum absolute atomic E-state index is 0.0691. The van der Waals surface area contributed by atoms with E-state index >= 15 is 0 Å². The Hall–Kier alpha value is -2.51. The van der Waals surface area contributed by atoms with E-state index < -0.39 is 11.9 Å². The van der Waals surface area contributed by atoms with Gasteiger partial charge < -0.3 is 15.6 Å². The molecule has 3 N–H and O–H groups in total. The molecular weight excluding hydrogens is 393 g/mol. The van der Waals surface area contributed by atoms with Crippen LogP contribution in [0.4, 0.5) is 18.9 Å². The van der Waals surface area contributed by atoms with Gasteiger partial charge in [0.25, 0.3) is 5.91 Å². The third-order valence-electron chi connectivity index (χ3n) is 6.04. The number of carbonyl (C=O) groups excluding carboxylic acids is 1. The number of aryl methyl sites for hydroxylation is 3. The van der Waals surface area contributed by atoms with Gasteiger partial charge in [0.2, 0.25) is 0 Å². The van der Waals surface area contributed by atoms with Gasteiger partial charge in [0.15, 0.2) is 0 Å². The van der Waals surface area contributed by atoms with Gasteiger partial charge in [0.1, 0.15) is 11.4 Å². The zero-order valence-corrected chi connectivity index (χ0v) is 17.0. The van der Waals surface area contributed by atoms with Gasteiger partial charge in [-0.3, -0.25) is 4.79 Å². The lowest BCUT2D eigenvalue weighted by atomic mass is 9.91. The van der Waals surface area contributed by atoms with E-state index in [0.717, 1.165) is 51.0 Å². The number of pyridine rings is 1. The second-order valence-electron chi connectivity index (χ2n) is 8.44. The van der Waals surface area contributed by atoms with Crippen LogP contribution in [0.15, 0.2) is 18.2 Å². The maximum atomic E-state index is 13.0. The molecular formula is C22H27F3N4O. The number of nitrogens with zero attached hydrogens (tertiary/aromatic N) is 1. The maximum absolute atomic E-state index is 13.0. The normalized spacial score (nSPS) is 21.7. The number of hydrogen-bond acceptors (Lipinski definition) is 3. The van der Waals surface area contributed by atoms with Gasteiger partial charge in [-0.2, -0.15) is 13.2 Å². The number of carbonyl (C=O) groups is 1. The van der Waals surface area contributed by atoms with Crippen LogP contribution in [-0.4, -0.2) is 28.0 Å². The number of alkyl halides is 3. The van der Waals surface area contributed by atoms with Crippen molar-refractivity contribution in [2.24, 2.45) is 0 Å². The fourth-order valence-corrected chi connectivity index (χ4v) is 4.50. The van der Waals surface area contributed by atoms with E-state index in [2.05, 4.69) is 20.6 Å². The van der Waals surface area contributed by atoms with Gasteiger partial charge in [0, 0.05) is 29.2 Å². The highest BCUT2D eigenvalue weighted by atomic mass is 19.4. The number of fused-ring (bicyclic) bond motifs is 1. The summed E-state index contributed by atoms with van der Waals surface area (Å²) in [4.78, 5) is 19.4. The molecule has 0 bridgehead atoms. The molecule has 0 saturated heterocycles. The second-order valence-corrected chi connectivity index (χ2v) is 8.44. The topological polar surface area (TPSA) is 69.8 Å². The number of halogens is 3. The highest BCUT2D eigenvalue weighted by Crippen LogP contribution is 2.31. The molecule has 0 atom stereocenters. The van der Waals surface area contributed by atoms with Gasteiger partial charge in [-0.25, -0.2) is 4.98 Å². The van der Waals surface area contributed by atoms with Gasteiger partial charge in [-0.15, -0.1) is 0 Å². The average molecular weight is 420 g/mol.